The average Bonchev–Trinajstić information content (AvgIpc) is 2.46. The van der Waals surface area contributed by atoms with Crippen LogP contribution in [0.15, 0.2) is 24.3 Å². The summed E-state index contributed by atoms with van der Waals surface area (Å²) in [7, 11) is 0. The minimum atomic E-state index is -0.706. The molecule has 116 valence electrons. The first-order valence-electron chi connectivity index (χ1n) is 7.80. The molecule has 1 aromatic carbocycles. The fraction of sp³-hybridized carbons (Fsp3) is 0.588. The van der Waals surface area contributed by atoms with Crippen molar-refractivity contribution in [3.8, 4) is 0 Å². The van der Waals surface area contributed by atoms with Crippen molar-refractivity contribution in [3.05, 3.63) is 29.8 Å². The first-order valence-corrected chi connectivity index (χ1v) is 7.80. The van der Waals surface area contributed by atoms with Gasteiger partial charge in [0, 0.05) is 5.69 Å². The van der Waals surface area contributed by atoms with E-state index in [1.807, 2.05) is 38.1 Å². The van der Waals surface area contributed by atoms with Gasteiger partial charge in [0.1, 0.15) is 0 Å². The molecule has 4 nitrogen and oxygen atoms in total. The van der Waals surface area contributed by atoms with Gasteiger partial charge in [-0.05, 0) is 44.4 Å². The van der Waals surface area contributed by atoms with Crippen molar-refractivity contribution in [2.75, 3.05) is 5.32 Å². The van der Waals surface area contributed by atoms with E-state index in [1.54, 1.807) is 0 Å². The number of hydrogen-bond donors (Lipinski definition) is 2. The van der Waals surface area contributed by atoms with Crippen molar-refractivity contribution >= 4 is 11.6 Å². The van der Waals surface area contributed by atoms with E-state index in [4.69, 9.17) is 10.5 Å². The summed E-state index contributed by atoms with van der Waals surface area (Å²) >= 11 is 0. The van der Waals surface area contributed by atoms with E-state index >= 15 is 0 Å². The molecular weight excluding hydrogens is 264 g/mol. The van der Waals surface area contributed by atoms with Crippen LogP contribution in [-0.2, 0) is 16.1 Å². The Bertz CT molecular complexity index is 479. The van der Waals surface area contributed by atoms with Crippen molar-refractivity contribution in [3.63, 3.8) is 0 Å². The lowest BCUT2D eigenvalue weighted by Gasteiger charge is -2.31. The molecule has 0 bridgehead atoms. The normalized spacial score (nSPS) is 17.7. The van der Waals surface area contributed by atoms with E-state index in [2.05, 4.69) is 5.32 Å². The molecule has 0 atom stereocenters. The molecule has 1 fully saturated rings. The van der Waals surface area contributed by atoms with Crippen LogP contribution in [0.1, 0.15) is 51.5 Å². The highest BCUT2D eigenvalue weighted by Crippen LogP contribution is 2.27. The molecule has 21 heavy (non-hydrogen) atoms. The summed E-state index contributed by atoms with van der Waals surface area (Å²) in [4.78, 5) is 12.4. The van der Waals surface area contributed by atoms with E-state index in [0.717, 1.165) is 36.9 Å². The van der Waals surface area contributed by atoms with Gasteiger partial charge in [-0.2, -0.15) is 0 Å². The molecule has 3 N–H and O–H groups in total. The predicted molar refractivity (Wildman–Crippen MR) is 85.0 cm³/mol. The molecule has 0 heterocycles. The third kappa shape index (κ3) is 4.55. The number of ether oxygens (including phenoxy) is 1. The fourth-order valence-corrected chi connectivity index (χ4v) is 2.67. The fourth-order valence-electron chi connectivity index (χ4n) is 2.67. The number of carbonyl (C=O) groups excluding carboxylic acids is 1. The smallest absolute Gasteiger partial charge is 0.244 e. The highest BCUT2D eigenvalue weighted by Gasteiger charge is 2.35. The van der Waals surface area contributed by atoms with E-state index in [1.165, 1.54) is 6.42 Å². The Morgan fingerprint density at radius 3 is 2.71 bits per heavy atom. The summed E-state index contributed by atoms with van der Waals surface area (Å²) in [5.74, 6) is -0.0656. The number of hydrogen-bond acceptors (Lipinski definition) is 3. The van der Waals surface area contributed by atoms with Crippen molar-refractivity contribution in [2.45, 2.75) is 64.2 Å². The first-order chi connectivity index (χ1) is 9.99. The zero-order valence-corrected chi connectivity index (χ0v) is 13.0. The Hall–Kier alpha value is -1.39. The van der Waals surface area contributed by atoms with Gasteiger partial charge in [-0.1, -0.05) is 31.4 Å². The molecule has 0 aliphatic heterocycles. The number of carbonyl (C=O) groups is 1. The zero-order valence-electron chi connectivity index (χ0n) is 13.0. The van der Waals surface area contributed by atoms with Gasteiger partial charge in [0.05, 0.1) is 18.2 Å². The van der Waals surface area contributed by atoms with Crippen molar-refractivity contribution in [1.29, 1.82) is 0 Å². The second kappa shape index (κ2) is 7.05. The molecule has 0 spiro atoms. The van der Waals surface area contributed by atoms with Gasteiger partial charge in [0.2, 0.25) is 5.91 Å². The van der Waals surface area contributed by atoms with Gasteiger partial charge < -0.3 is 15.8 Å². The lowest BCUT2D eigenvalue weighted by molar-refractivity contribution is -0.122. The number of rotatable bonds is 5. The molecule has 0 radical (unpaired) electrons. The van der Waals surface area contributed by atoms with E-state index in [0.29, 0.717) is 6.61 Å². The predicted octanol–water partition coefficient (Wildman–Crippen LogP) is 3.21. The highest BCUT2D eigenvalue weighted by molar-refractivity contribution is 5.98. The number of benzene rings is 1. The Morgan fingerprint density at radius 1 is 1.33 bits per heavy atom. The lowest BCUT2D eigenvalue weighted by Crippen LogP contribution is -2.52. The molecule has 1 aliphatic rings. The van der Waals surface area contributed by atoms with Gasteiger partial charge in [-0.3, -0.25) is 4.79 Å². The van der Waals surface area contributed by atoms with Crippen LogP contribution in [0.4, 0.5) is 5.69 Å². The topological polar surface area (TPSA) is 64.3 Å². The largest absolute Gasteiger partial charge is 0.374 e. The van der Waals surface area contributed by atoms with Crippen molar-refractivity contribution < 1.29 is 9.53 Å². The summed E-state index contributed by atoms with van der Waals surface area (Å²) in [6, 6.07) is 7.77. The maximum Gasteiger partial charge on any atom is 0.244 e. The van der Waals surface area contributed by atoms with Crippen molar-refractivity contribution in [1.82, 2.24) is 0 Å². The maximum absolute atomic E-state index is 12.4. The zero-order chi connectivity index (χ0) is 15.3. The van der Waals surface area contributed by atoms with E-state index < -0.39 is 5.54 Å². The Labute approximate surface area is 127 Å². The van der Waals surface area contributed by atoms with Crippen LogP contribution in [0.25, 0.3) is 0 Å². The van der Waals surface area contributed by atoms with Crippen LogP contribution in [-0.4, -0.2) is 17.6 Å². The number of nitrogens with two attached hydrogens (primary N) is 1. The van der Waals surface area contributed by atoms with E-state index in [-0.39, 0.29) is 12.0 Å². The third-order valence-electron chi connectivity index (χ3n) is 3.97. The van der Waals surface area contributed by atoms with Gasteiger partial charge >= 0.3 is 0 Å². The number of nitrogens with one attached hydrogen (secondary N) is 1. The second-order valence-electron chi connectivity index (χ2n) is 6.23. The molecule has 1 amide bonds. The summed E-state index contributed by atoms with van der Waals surface area (Å²) in [6.07, 6.45) is 4.98. The van der Waals surface area contributed by atoms with Gasteiger partial charge in [-0.25, -0.2) is 0 Å². The maximum atomic E-state index is 12.4. The van der Waals surface area contributed by atoms with Crippen LogP contribution in [0, 0.1) is 0 Å². The molecule has 4 heteroatoms. The Morgan fingerprint density at radius 2 is 2.05 bits per heavy atom. The SMILES string of the molecule is CC(C)OCc1cccc(NC(=O)C2(N)CCCCC2)c1. The summed E-state index contributed by atoms with van der Waals surface area (Å²) in [6.45, 7) is 4.56. The van der Waals surface area contributed by atoms with Crippen LogP contribution < -0.4 is 11.1 Å². The van der Waals surface area contributed by atoms with Crippen LogP contribution >= 0.6 is 0 Å². The van der Waals surface area contributed by atoms with Gasteiger partial charge in [0.25, 0.3) is 0 Å². The molecule has 0 saturated heterocycles. The standard InChI is InChI=1S/C17H26N2O2/c1-13(2)21-12-14-7-6-8-15(11-14)19-16(20)17(18)9-4-3-5-10-17/h6-8,11,13H,3-5,9-10,12,18H2,1-2H3,(H,19,20). The van der Waals surface area contributed by atoms with Crippen LogP contribution in [0.2, 0.25) is 0 Å². The second-order valence-corrected chi connectivity index (χ2v) is 6.23. The average molecular weight is 290 g/mol. The molecular formula is C17H26N2O2. The monoisotopic (exact) mass is 290 g/mol. The Balaban J connectivity index is 1.98. The molecule has 0 aromatic heterocycles. The molecule has 1 saturated carbocycles. The number of amides is 1. The van der Waals surface area contributed by atoms with E-state index in [9.17, 15) is 4.79 Å². The molecule has 1 aliphatic carbocycles. The summed E-state index contributed by atoms with van der Waals surface area (Å²) in [5.41, 5.74) is 7.39. The van der Waals surface area contributed by atoms with Gasteiger partial charge in [-0.15, -0.1) is 0 Å². The highest BCUT2D eigenvalue weighted by atomic mass is 16.5. The van der Waals surface area contributed by atoms with Gasteiger partial charge in [0.15, 0.2) is 0 Å². The molecule has 2 rings (SSSR count). The lowest BCUT2D eigenvalue weighted by atomic mass is 9.82. The first kappa shape index (κ1) is 16.0. The molecule has 0 unspecified atom stereocenters. The Kier molecular flexibility index (Phi) is 5.37. The van der Waals surface area contributed by atoms with Crippen LogP contribution in [0.3, 0.4) is 0 Å². The third-order valence-corrected chi connectivity index (χ3v) is 3.97. The van der Waals surface area contributed by atoms with Crippen molar-refractivity contribution in [2.24, 2.45) is 5.73 Å². The minimum Gasteiger partial charge on any atom is -0.374 e. The molecule has 1 aromatic rings. The number of anilines is 1. The quantitative estimate of drug-likeness (QED) is 0.875. The summed E-state index contributed by atoms with van der Waals surface area (Å²) < 4.78 is 5.59. The van der Waals surface area contributed by atoms with Crippen LogP contribution in [0.5, 0.6) is 0 Å². The summed E-state index contributed by atoms with van der Waals surface area (Å²) in [5, 5.41) is 2.96. The minimum absolute atomic E-state index is 0.0656.